The molecule has 0 aromatic carbocycles. The van der Waals surface area contributed by atoms with Gasteiger partial charge in [0.15, 0.2) is 0 Å². The van der Waals surface area contributed by atoms with Crippen molar-refractivity contribution in [2.24, 2.45) is 0 Å². The van der Waals surface area contributed by atoms with Crippen molar-refractivity contribution >= 4 is 5.97 Å². The van der Waals surface area contributed by atoms with Crippen molar-refractivity contribution in [2.75, 3.05) is 7.11 Å². The fourth-order valence-corrected chi connectivity index (χ4v) is 2.36. The highest BCUT2D eigenvalue weighted by Crippen LogP contribution is 2.41. The van der Waals surface area contributed by atoms with Crippen LogP contribution in [0.2, 0.25) is 0 Å². The summed E-state index contributed by atoms with van der Waals surface area (Å²) in [5, 5.41) is 0. The van der Waals surface area contributed by atoms with E-state index in [4.69, 9.17) is 9.15 Å². The van der Waals surface area contributed by atoms with Crippen molar-refractivity contribution in [2.45, 2.75) is 25.8 Å². The summed E-state index contributed by atoms with van der Waals surface area (Å²) in [6.07, 6.45) is 3.96. The molecule has 0 spiro atoms. The summed E-state index contributed by atoms with van der Waals surface area (Å²) in [5.41, 5.74) is 2.53. The number of methoxy groups -OCH3 is 1. The third-order valence-electron chi connectivity index (χ3n) is 3.38. The number of hydrogen-bond donors (Lipinski definition) is 0. The highest BCUT2D eigenvalue weighted by Gasteiger charge is 2.30. The minimum Gasteiger partial charge on any atom is -0.465 e. The first-order valence-corrected chi connectivity index (χ1v) is 6.06. The molecule has 2 aromatic heterocycles. The first-order chi connectivity index (χ1) is 8.72. The lowest BCUT2D eigenvalue weighted by molar-refractivity contribution is 0.0600. The second kappa shape index (κ2) is 4.05. The Kier molecular flexibility index (Phi) is 2.51. The van der Waals surface area contributed by atoms with Crippen LogP contribution in [0.5, 0.6) is 0 Å². The van der Waals surface area contributed by atoms with Gasteiger partial charge in [-0.05, 0) is 38.0 Å². The lowest BCUT2D eigenvalue weighted by atomic mass is 10.2. The lowest BCUT2D eigenvalue weighted by Crippen LogP contribution is -2.04. The normalized spacial score (nSPS) is 14.8. The van der Waals surface area contributed by atoms with Gasteiger partial charge in [-0.3, -0.25) is 0 Å². The second-order valence-electron chi connectivity index (χ2n) is 4.60. The Balaban J connectivity index is 2.15. The van der Waals surface area contributed by atoms with Gasteiger partial charge in [0.25, 0.3) is 0 Å². The second-order valence-corrected chi connectivity index (χ2v) is 4.60. The maximum absolute atomic E-state index is 11.7. The molecule has 1 fully saturated rings. The van der Waals surface area contributed by atoms with Crippen LogP contribution in [-0.2, 0) is 4.74 Å². The van der Waals surface area contributed by atoms with E-state index in [1.165, 1.54) is 7.11 Å². The van der Waals surface area contributed by atoms with Crippen LogP contribution in [0.15, 0.2) is 28.9 Å². The van der Waals surface area contributed by atoms with Gasteiger partial charge >= 0.3 is 5.97 Å². The van der Waals surface area contributed by atoms with Gasteiger partial charge in [-0.1, -0.05) is 0 Å². The van der Waals surface area contributed by atoms with Crippen LogP contribution in [0.25, 0.3) is 11.5 Å². The summed E-state index contributed by atoms with van der Waals surface area (Å²) >= 11 is 0. The van der Waals surface area contributed by atoms with Gasteiger partial charge in [-0.15, -0.1) is 0 Å². The summed E-state index contributed by atoms with van der Waals surface area (Å²) in [6, 6.07) is 6.11. The zero-order chi connectivity index (χ0) is 12.7. The highest BCUT2D eigenvalue weighted by molar-refractivity contribution is 5.92. The molecule has 4 heteroatoms. The standard InChI is InChI=1S/C14H15NO3/c1-9-11(14(16)17-2)8-12(13-4-3-7-18-13)15(9)10-5-6-10/h3-4,7-8,10H,5-6H2,1-2H3. The summed E-state index contributed by atoms with van der Waals surface area (Å²) in [7, 11) is 1.41. The van der Waals surface area contributed by atoms with Gasteiger partial charge in [0, 0.05) is 11.7 Å². The minimum absolute atomic E-state index is 0.292. The average Bonchev–Trinajstić information content (AvgIpc) is 2.94. The van der Waals surface area contributed by atoms with Crippen LogP contribution in [0.1, 0.15) is 34.9 Å². The van der Waals surface area contributed by atoms with E-state index in [2.05, 4.69) is 4.57 Å². The zero-order valence-electron chi connectivity index (χ0n) is 10.5. The smallest absolute Gasteiger partial charge is 0.339 e. The molecule has 94 valence electrons. The van der Waals surface area contributed by atoms with E-state index in [0.717, 1.165) is 30.0 Å². The number of carbonyl (C=O) groups excluding carboxylic acids is 1. The molecule has 4 nitrogen and oxygen atoms in total. The van der Waals surface area contributed by atoms with Crippen LogP contribution in [0.4, 0.5) is 0 Å². The topological polar surface area (TPSA) is 44.4 Å². The number of furan rings is 1. The Labute approximate surface area is 105 Å². The molecule has 0 radical (unpaired) electrons. The molecule has 0 unspecified atom stereocenters. The number of esters is 1. The molecule has 0 saturated heterocycles. The quantitative estimate of drug-likeness (QED) is 0.780. The molecule has 3 rings (SSSR count). The van der Waals surface area contributed by atoms with Gasteiger partial charge in [-0.25, -0.2) is 4.79 Å². The third-order valence-corrected chi connectivity index (χ3v) is 3.38. The third kappa shape index (κ3) is 1.65. The van der Waals surface area contributed by atoms with Crippen molar-refractivity contribution in [3.05, 3.63) is 35.7 Å². The maximum atomic E-state index is 11.7. The van der Waals surface area contributed by atoms with E-state index >= 15 is 0 Å². The van der Waals surface area contributed by atoms with Crippen LogP contribution < -0.4 is 0 Å². The Hall–Kier alpha value is -1.97. The number of ether oxygens (including phenoxy) is 1. The van der Waals surface area contributed by atoms with Gasteiger partial charge in [0.1, 0.15) is 5.76 Å². The Bertz CT molecular complexity index is 576. The van der Waals surface area contributed by atoms with E-state index in [1.54, 1.807) is 6.26 Å². The predicted molar refractivity (Wildman–Crippen MR) is 66.5 cm³/mol. The Morgan fingerprint density at radius 1 is 1.50 bits per heavy atom. The van der Waals surface area contributed by atoms with E-state index in [9.17, 15) is 4.79 Å². The Morgan fingerprint density at radius 2 is 2.28 bits per heavy atom. The monoisotopic (exact) mass is 245 g/mol. The summed E-state index contributed by atoms with van der Waals surface area (Å²) in [4.78, 5) is 11.7. The molecule has 0 atom stereocenters. The lowest BCUT2D eigenvalue weighted by Gasteiger charge is -2.08. The molecule has 18 heavy (non-hydrogen) atoms. The molecule has 0 aliphatic heterocycles. The largest absolute Gasteiger partial charge is 0.465 e. The minimum atomic E-state index is -0.292. The molecular weight excluding hydrogens is 230 g/mol. The van der Waals surface area contributed by atoms with Crippen molar-refractivity contribution in [1.82, 2.24) is 4.57 Å². The molecular formula is C14H15NO3. The van der Waals surface area contributed by atoms with Crippen LogP contribution in [-0.4, -0.2) is 17.6 Å². The first-order valence-electron chi connectivity index (χ1n) is 6.06. The van der Waals surface area contributed by atoms with Gasteiger partial charge in [-0.2, -0.15) is 0 Å². The van der Waals surface area contributed by atoms with Crippen LogP contribution >= 0.6 is 0 Å². The molecule has 0 amide bonds. The number of carbonyl (C=O) groups is 1. The Morgan fingerprint density at radius 3 is 2.83 bits per heavy atom. The van der Waals surface area contributed by atoms with Crippen molar-refractivity contribution in [3.63, 3.8) is 0 Å². The SMILES string of the molecule is COC(=O)c1cc(-c2ccco2)n(C2CC2)c1C. The average molecular weight is 245 g/mol. The predicted octanol–water partition coefficient (Wildman–Crippen LogP) is 3.18. The molecule has 0 N–H and O–H groups in total. The number of hydrogen-bond acceptors (Lipinski definition) is 3. The van der Waals surface area contributed by atoms with E-state index < -0.39 is 0 Å². The molecule has 1 aliphatic rings. The van der Waals surface area contributed by atoms with Gasteiger partial charge in [0.05, 0.1) is 24.6 Å². The van der Waals surface area contributed by atoms with Crippen molar-refractivity contribution < 1.29 is 13.9 Å². The number of rotatable bonds is 3. The molecule has 1 aliphatic carbocycles. The molecule has 1 saturated carbocycles. The summed E-state index contributed by atoms with van der Waals surface area (Å²) in [6.45, 7) is 1.96. The molecule has 2 heterocycles. The van der Waals surface area contributed by atoms with Crippen molar-refractivity contribution in [1.29, 1.82) is 0 Å². The van der Waals surface area contributed by atoms with Gasteiger partial charge in [0.2, 0.25) is 0 Å². The fourth-order valence-electron chi connectivity index (χ4n) is 2.36. The van der Waals surface area contributed by atoms with Crippen LogP contribution in [0.3, 0.4) is 0 Å². The van der Waals surface area contributed by atoms with E-state index in [1.807, 2.05) is 25.1 Å². The molecule has 2 aromatic rings. The fraction of sp³-hybridized carbons (Fsp3) is 0.357. The maximum Gasteiger partial charge on any atom is 0.339 e. The summed E-state index contributed by atoms with van der Waals surface area (Å²) < 4.78 is 12.5. The summed E-state index contributed by atoms with van der Waals surface area (Å²) in [5.74, 6) is 0.500. The van der Waals surface area contributed by atoms with Crippen LogP contribution in [0, 0.1) is 6.92 Å². The van der Waals surface area contributed by atoms with E-state index in [-0.39, 0.29) is 5.97 Å². The first kappa shape index (κ1) is 11.1. The van der Waals surface area contributed by atoms with Crippen molar-refractivity contribution in [3.8, 4) is 11.5 Å². The molecule has 0 bridgehead atoms. The number of aromatic nitrogens is 1. The highest BCUT2D eigenvalue weighted by atomic mass is 16.5. The zero-order valence-corrected chi connectivity index (χ0v) is 10.5. The van der Waals surface area contributed by atoms with E-state index in [0.29, 0.717) is 11.6 Å². The van der Waals surface area contributed by atoms with Gasteiger partial charge < -0.3 is 13.7 Å². The number of nitrogens with zero attached hydrogens (tertiary/aromatic N) is 1.